The average molecular weight is 671 g/mol. The average Bonchev–Trinajstić information content (AvgIpc) is 3.65. The number of ether oxygens (including phenoxy) is 5. The number of benzene rings is 2. The van der Waals surface area contributed by atoms with Crippen molar-refractivity contribution in [3.05, 3.63) is 45.7 Å². The van der Waals surface area contributed by atoms with Crippen LogP contribution in [0, 0.1) is 11.6 Å². The molecule has 4 rings (SSSR count). The van der Waals surface area contributed by atoms with Gasteiger partial charge in [-0.2, -0.15) is 0 Å². The maximum Gasteiger partial charge on any atom is 0.305 e. The summed E-state index contributed by atoms with van der Waals surface area (Å²) in [5, 5.41) is 0.338. The Balaban J connectivity index is 1.42. The summed E-state index contributed by atoms with van der Waals surface area (Å²) in [6, 6.07) is 5.93. The van der Waals surface area contributed by atoms with Crippen LogP contribution in [0.3, 0.4) is 0 Å². The number of rotatable bonds is 16. The molecule has 0 spiro atoms. The van der Waals surface area contributed by atoms with E-state index in [1.54, 1.807) is 12.1 Å². The zero-order valence-corrected chi connectivity index (χ0v) is 26.5. The molecule has 44 heavy (non-hydrogen) atoms. The van der Waals surface area contributed by atoms with Crippen LogP contribution in [0.4, 0.5) is 8.78 Å². The molecule has 0 unspecified atom stereocenters. The second-order valence-electron chi connectivity index (χ2n) is 9.31. The number of thiophene rings is 2. The van der Waals surface area contributed by atoms with Crippen LogP contribution < -0.4 is 18.9 Å². The first-order valence-electron chi connectivity index (χ1n) is 13.2. The van der Waals surface area contributed by atoms with Crippen LogP contribution in [0.5, 0.6) is 23.0 Å². The van der Waals surface area contributed by atoms with Gasteiger partial charge in [0.2, 0.25) is 0 Å². The molecule has 2 heterocycles. The Bertz CT molecular complexity index is 1680. The number of ketones is 2. The van der Waals surface area contributed by atoms with E-state index in [9.17, 15) is 14.4 Å². The number of esters is 1. The molecule has 0 aliphatic rings. The van der Waals surface area contributed by atoms with Gasteiger partial charge in [-0.1, -0.05) is 0 Å². The van der Waals surface area contributed by atoms with Crippen molar-refractivity contribution in [2.24, 2.45) is 0 Å². The van der Waals surface area contributed by atoms with Crippen LogP contribution >= 0.6 is 31.0 Å². The standard InChI is InChI=1S/C29H29F2O10PS2/c1-37-19-13-21-15(11-23(43-21)17(32)5-6-25(34)39-3)26(30)28(19)40-8-4-9-41-29-20(38-2)14-22-16(27(29)31)12-24(44-22)18(33)7-10-42(35)36/h11-14,35-36H,4-10H2,1-3H3. The number of carbonyl (C=O) groups excluding carboxylic acids is 3. The highest BCUT2D eigenvalue weighted by molar-refractivity contribution is 7.45. The molecule has 0 aliphatic carbocycles. The summed E-state index contributed by atoms with van der Waals surface area (Å²) in [6.07, 6.45) is -0.0702. The second kappa shape index (κ2) is 15.0. The van der Waals surface area contributed by atoms with Crippen molar-refractivity contribution in [2.45, 2.75) is 25.7 Å². The minimum Gasteiger partial charge on any atom is -0.493 e. The van der Waals surface area contributed by atoms with Gasteiger partial charge in [0.15, 0.2) is 54.6 Å². The van der Waals surface area contributed by atoms with Crippen molar-refractivity contribution < 1.29 is 56.6 Å². The third kappa shape index (κ3) is 7.62. The van der Waals surface area contributed by atoms with Gasteiger partial charge in [0, 0.05) is 57.7 Å². The molecule has 0 atom stereocenters. The van der Waals surface area contributed by atoms with Gasteiger partial charge in [-0.3, -0.25) is 14.4 Å². The number of Topliss-reactive ketones (excluding diaryl/α,β-unsaturated/α-hetero) is 2. The van der Waals surface area contributed by atoms with Gasteiger partial charge >= 0.3 is 5.97 Å². The van der Waals surface area contributed by atoms with E-state index in [0.717, 1.165) is 22.7 Å². The molecule has 0 bridgehead atoms. The normalized spacial score (nSPS) is 11.3. The Morgan fingerprint density at radius 2 is 1.23 bits per heavy atom. The maximum absolute atomic E-state index is 15.5. The summed E-state index contributed by atoms with van der Waals surface area (Å²) < 4.78 is 58.3. The summed E-state index contributed by atoms with van der Waals surface area (Å²) in [7, 11) is 1.75. The molecule has 2 aromatic heterocycles. The zero-order chi connectivity index (χ0) is 32.0. The van der Waals surface area contributed by atoms with Gasteiger partial charge in [-0.05, 0) is 12.1 Å². The predicted molar refractivity (Wildman–Crippen MR) is 163 cm³/mol. The lowest BCUT2D eigenvalue weighted by atomic mass is 10.1. The predicted octanol–water partition coefficient (Wildman–Crippen LogP) is 6.26. The van der Waals surface area contributed by atoms with E-state index in [2.05, 4.69) is 4.74 Å². The molecule has 0 radical (unpaired) electrons. The lowest BCUT2D eigenvalue weighted by molar-refractivity contribution is -0.140. The molecule has 0 amide bonds. The third-order valence-corrected chi connectivity index (χ3v) is 9.33. The molecule has 2 aromatic carbocycles. The fourth-order valence-electron chi connectivity index (χ4n) is 4.22. The number of fused-ring (bicyclic) bond motifs is 2. The van der Waals surface area contributed by atoms with Gasteiger partial charge in [0.25, 0.3) is 0 Å². The first kappa shape index (κ1) is 33.5. The summed E-state index contributed by atoms with van der Waals surface area (Å²) in [6.45, 7) is -0.0376. The molecule has 2 N–H and O–H groups in total. The number of halogens is 2. The summed E-state index contributed by atoms with van der Waals surface area (Å²) in [5.41, 5.74) is 0. The minimum atomic E-state index is -2.20. The first-order valence-corrected chi connectivity index (χ1v) is 16.3. The zero-order valence-electron chi connectivity index (χ0n) is 23.9. The molecule has 15 heteroatoms. The summed E-state index contributed by atoms with van der Waals surface area (Å²) in [5.74, 6) is -2.64. The number of methoxy groups -OCH3 is 3. The quantitative estimate of drug-likeness (QED) is 0.0608. The summed E-state index contributed by atoms with van der Waals surface area (Å²) >= 11 is 2.14. The van der Waals surface area contributed by atoms with Gasteiger partial charge in [-0.25, -0.2) is 8.78 Å². The highest BCUT2D eigenvalue weighted by Gasteiger charge is 2.22. The molecule has 236 valence electrons. The van der Waals surface area contributed by atoms with Crippen LogP contribution in [0.2, 0.25) is 0 Å². The lowest BCUT2D eigenvalue weighted by Crippen LogP contribution is -2.08. The van der Waals surface area contributed by atoms with Crippen molar-refractivity contribution >= 4 is 68.8 Å². The van der Waals surface area contributed by atoms with Crippen molar-refractivity contribution in [3.8, 4) is 23.0 Å². The Labute approximate surface area is 260 Å². The van der Waals surface area contributed by atoms with Crippen LogP contribution in [-0.2, 0) is 9.53 Å². The van der Waals surface area contributed by atoms with Gasteiger partial charge < -0.3 is 33.5 Å². The molecule has 4 aromatic rings. The van der Waals surface area contributed by atoms with E-state index in [-0.39, 0.29) is 100 Å². The van der Waals surface area contributed by atoms with Crippen LogP contribution in [0.25, 0.3) is 20.2 Å². The van der Waals surface area contributed by atoms with E-state index < -0.39 is 26.0 Å². The smallest absolute Gasteiger partial charge is 0.305 e. The fourth-order valence-corrected chi connectivity index (χ4v) is 6.73. The molecular formula is C29H29F2O10PS2. The van der Waals surface area contributed by atoms with E-state index in [4.69, 9.17) is 28.7 Å². The van der Waals surface area contributed by atoms with Gasteiger partial charge in [-0.15, -0.1) is 22.7 Å². The summed E-state index contributed by atoms with van der Waals surface area (Å²) in [4.78, 5) is 55.0. The van der Waals surface area contributed by atoms with E-state index in [1.165, 1.54) is 33.5 Å². The lowest BCUT2D eigenvalue weighted by Gasteiger charge is -2.14. The highest BCUT2D eigenvalue weighted by atomic mass is 32.1. The Hall–Kier alpha value is -3.42. The molecule has 0 fully saturated rings. The Morgan fingerprint density at radius 1 is 0.750 bits per heavy atom. The van der Waals surface area contributed by atoms with Gasteiger partial charge in [0.1, 0.15) is 0 Å². The van der Waals surface area contributed by atoms with Crippen molar-refractivity contribution in [1.82, 2.24) is 0 Å². The SMILES string of the molecule is COC(=O)CCC(=O)c1cc2c(F)c(OCCCOc3c(OC)cc4sc(C(=O)CCP(O)O)cc4c3F)c(OC)cc2s1. The van der Waals surface area contributed by atoms with E-state index in [0.29, 0.717) is 9.40 Å². The fraction of sp³-hybridized carbons (Fsp3) is 0.345. The Kier molecular flexibility index (Phi) is 11.4. The molecule has 0 aliphatic heterocycles. The minimum absolute atomic E-state index is 0.0185. The van der Waals surface area contributed by atoms with Crippen molar-refractivity contribution in [2.75, 3.05) is 40.7 Å². The number of hydrogen-bond donors (Lipinski definition) is 2. The molecule has 0 saturated carbocycles. The second-order valence-corrected chi connectivity index (χ2v) is 12.7. The van der Waals surface area contributed by atoms with Crippen molar-refractivity contribution in [1.29, 1.82) is 0 Å². The van der Waals surface area contributed by atoms with E-state index in [1.807, 2.05) is 0 Å². The molecule has 0 saturated heterocycles. The van der Waals surface area contributed by atoms with Crippen LogP contribution in [0.15, 0.2) is 24.3 Å². The number of hydrogen-bond acceptors (Lipinski definition) is 12. The third-order valence-electron chi connectivity index (χ3n) is 6.46. The van der Waals surface area contributed by atoms with Crippen LogP contribution in [0.1, 0.15) is 45.0 Å². The van der Waals surface area contributed by atoms with Gasteiger partial charge in [0.05, 0.1) is 50.7 Å². The largest absolute Gasteiger partial charge is 0.493 e. The monoisotopic (exact) mass is 670 g/mol. The number of carbonyl (C=O) groups is 3. The van der Waals surface area contributed by atoms with Crippen molar-refractivity contribution in [3.63, 3.8) is 0 Å². The maximum atomic E-state index is 15.5. The molecule has 10 nitrogen and oxygen atoms in total. The topological polar surface area (TPSA) is 138 Å². The Morgan fingerprint density at radius 3 is 1.66 bits per heavy atom. The first-order chi connectivity index (χ1) is 21.1. The van der Waals surface area contributed by atoms with Crippen LogP contribution in [-0.4, -0.2) is 68.0 Å². The van der Waals surface area contributed by atoms with E-state index >= 15 is 8.78 Å². The highest BCUT2D eigenvalue weighted by Crippen LogP contribution is 2.42. The molecular weight excluding hydrogens is 641 g/mol.